The van der Waals surface area contributed by atoms with Gasteiger partial charge in [-0.15, -0.1) is 11.6 Å². The zero-order chi connectivity index (χ0) is 13.1. The number of rotatable bonds is 3. The number of alkyl halides is 1. The summed E-state index contributed by atoms with van der Waals surface area (Å²) in [6.07, 6.45) is 0. The molecule has 0 spiro atoms. The van der Waals surface area contributed by atoms with Crippen molar-refractivity contribution in [2.24, 2.45) is 0 Å². The maximum absolute atomic E-state index is 6.46. The number of hydrogen-bond acceptors (Lipinski definition) is 1. The fourth-order valence-electron chi connectivity index (χ4n) is 1.79. The average Bonchev–Trinajstić information content (AvgIpc) is 2.38. The Labute approximate surface area is 117 Å². The molecule has 0 aromatic heterocycles. The molecule has 94 valence electrons. The highest BCUT2D eigenvalue weighted by Crippen LogP contribution is 2.34. The van der Waals surface area contributed by atoms with Gasteiger partial charge >= 0.3 is 0 Å². The Hall–Kier alpha value is -1.18. The fourth-order valence-corrected chi connectivity index (χ4v) is 2.53. The van der Waals surface area contributed by atoms with Crippen molar-refractivity contribution in [2.45, 2.75) is 12.3 Å². The summed E-state index contributed by atoms with van der Waals surface area (Å²) in [5.41, 5.74) is 3.06. The van der Waals surface area contributed by atoms with Crippen molar-refractivity contribution in [1.29, 1.82) is 0 Å². The van der Waals surface area contributed by atoms with E-state index in [1.165, 1.54) is 0 Å². The van der Waals surface area contributed by atoms with E-state index < -0.39 is 0 Å². The van der Waals surface area contributed by atoms with Crippen LogP contribution < -0.4 is 4.74 Å². The first-order valence-electron chi connectivity index (χ1n) is 5.66. The maximum atomic E-state index is 6.46. The van der Waals surface area contributed by atoms with Gasteiger partial charge in [-0.2, -0.15) is 0 Å². The monoisotopic (exact) mass is 280 g/mol. The normalized spacial score (nSPS) is 12.2. The van der Waals surface area contributed by atoms with Gasteiger partial charge < -0.3 is 4.74 Å². The van der Waals surface area contributed by atoms with E-state index in [4.69, 9.17) is 27.9 Å². The molecule has 0 radical (unpaired) electrons. The maximum Gasteiger partial charge on any atom is 0.118 e. The Morgan fingerprint density at radius 2 is 1.72 bits per heavy atom. The smallest absolute Gasteiger partial charge is 0.118 e. The third-order valence-electron chi connectivity index (χ3n) is 2.84. The molecule has 2 aromatic rings. The molecule has 0 N–H and O–H groups in total. The summed E-state index contributed by atoms with van der Waals surface area (Å²) in [7, 11) is 1.64. The van der Waals surface area contributed by atoms with Crippen molar-refractivity contribution in [1.82, 2.24) is 0 Å². The molecule has 0 aliphatic carbocycles. The summed E-state index contributed by atoms with van der Waals surface area (Å²) in [6.45, 7) is 2.01. The van der Waals surface area contributed by atoms with Gasteiger partial charge in [-0.1, -0.05) is 35.9 Å². The van der Waals surface area contributed by atoms with E-state index >= 15 is 0 Å². The quantitative estimate of drug-likeness (QED) is 0.720. The van der Waals surface area contributed by atoms with Crippen LogP contribution in [0.5, 0.6) is 5.75 Å². The first-order chi connectivity index (χ1) is 8.61. The summed E-state index contributed by atoms with van der Waals surface area (Å²) in [5, 5.41) is 0.454. The van der Waals surface area contributed by atoms with Crippen LogP contribution in [0.2, 0.25) is 5.02 Å². The Kier molecular flexibility index (Phi) is 4.15. The van der Waals surface area contributed by atoms with Gasteiger partial charge in [-0.05, 0) is 41.8 Å². The summed E-state index contributed by atoms with van der Waals surface area (Å²) >= 11 is 12.7. The van der Waals surface area contributed by atoms with E-state index in [1.54, 1.807) is 7.11 Å². The number of benzene rings is 2. The van der Waals surface area contributed by atoms with Crippen molar-refractivity contribution < 1.29 is 4.74 Å². The molecule has 0 bridgehead atoms. The lowest BCUT2D eigenvalue weighted by molar-refractivity contribution is 0.414. The van der Waals surface area contributed by atoms with Crippen molar-refractivity contribution in [3.05, 3.63) is 64.2 Å². The van der Waals surface area contributed by atoms with E-state index in [0.29, 0.717) is 5.02 Å². The van der Waals surface area contributed by atoms with Crippen LogP contribution >= 0.6 is 23.2 Å². The largest absolute Gasteiger partial charge is 0.497 e. The van der Waals surface area contributed by atoms with Crippen LogP contribution in [0.15, 0.2) is 42.5 Å². The Bertz CT molecular complexity index is 535. The van der Waals surface area contributed by atoms with E-state index in [-0.39, 0.29) is 5.38 Å². The topological polar surface area (TPSA) is 9.23 Å². The van der Waals surface area contributed by atoms with Crippen LogP contribution in [0.25, 0.3) is 0 Å². The van der Waals surface area contributed by atoms with Gasteiger partial charge in [-0.3, -0.25) is 0 Å². The number of methoxy groups -OCH3 is 1. The van der Waals surface area contributed by atoms with Gasteiger partial charge in [0.2, 0.25) is 0 Å². The first kappa shape index (κ1) is 13.3. The van der Waals surface area contributed by atoms with Crippen molar-refractivity contribution >= 4 is 23.2 Å². The molecule has 0 saturated carbocycles. The van der Waals surface area contributed by atoms with Gasteiger partial charge in [0.1, 0.15) is 5.75 Å². The zero-order valence-electron chi connectivity index (χ0n) is 10.3. The second kappa shape index (κ2) is 5.64. The molecule has 3 heteroatoms. The lowest BCUT2D eigenvalue weighted by Crippen LogP contribution is -1.95. The van der Waals surface area contributed by atoms with Crippen LogP contribution in [-0.2, 0) is 0 Å². The lowest BCUT2D eigenvalue weighted by Gasteiger charge is -2.13. The minimum absolute atomic E-state index is 0.246. The molecule has 0 aliphatic rings. The minimum Gasteiger partial charge on any atom is -0.497 e. The second-order valence-electron chi connectivity index (χ2n) is 4.16. The van der Waals surface area contributed by atoms with Crippen molar-refractivity contribution in [2.75, 3.05) is 7.11 Å². The summed E-state index contributed by atoms with van der Waals surface area (Å²) in [4.78, 5) is 0. The van der Waals surface area contributed by atoms with Gasteiger partial charge in [-0.25, -0.2) is 0 Å². The highest BCUT2D eigenvalue weighted by Gasteiger charge is 2.14. The van der Waals surface area contributed by atoms with Crippen LogP contribution in [-0.4, -0.2) is 7.11 Å². The molecule has 0 amide bonds. The molecule has 1 unspecified atom stereocenters. The third-order valence-corrected chi connectivity index (χ3v) is 3.65. The first-order valence-corrected chi connectivity index (χ1v) is 6.47. The molecule has 0 aliphatic heterocycles. The van der Waals surface area contributed by atoms with E-state index in [0.717, 1.165) is 22.4 Å². The zero-order valence-corrected chi connectivity index (χ0v) is 11.8. The minimum atomic E-state index is -0.246. The summed E-state index contributed by atoms with van der Waals surface area (Å²) in [5.74, 6) is 0.817. The van der Waals surface area contributed by atoms with Crippen molar-refractivity contribution in [3.8, 4) is 5.75 Å². The SMILES string of the molecule is COc1ccc(C(Cl)c2ccc(C)cc2Cl)cc1. The highest BCUT2D eigenvalue weighted by molar-refractivity contribution is 6.33. The molecule has 2 aromatic carbocycles. The number of ether oxygens (including phenoxy) is 1. The van der Waals surface area contributed by atoms with E-state index in [9.17, 15) is 0 Å². The Morgan fingerprint density at radius 3 is 2.28 bits per heavy atom. The highest BCUT2D eigenvalue weighted by atomic mass is 35.5. The Balaban J connectivity index is 2.31. The molecular weight excluding hydrogens is 267 g/mol. The standard InChI is InChI=1S/C15H14Cl2O/c1-10-3-8-13(14(16)9-10)15(17)11-4-6-12(18-2)7-5-11/h3-9,15H,1-2H3. The van der Waals surface area contributed by atoms with E-state index in [2.05, 4.69) is 0 Å². The molecule has 18 heavy (non-hydrogen) atoms. The van der Waals surface area contributed by atoms with Crippen LogP contribution in [0.1, 0.15) is 22.1 Å². The molecule has 2 rings (SSSR count). The number of halogens is 2. The number of aryl methyl sites for hydroxylation is 1. The van der Waals surface area contributed by atoms with Gasteiger partial charge in [0.05, 0.1) is 12.5 Å². The molecule has 0 fully saturated rings. The van der Waals surface area contributed by atoms with Gasteiger partial charge in [0.25, 0.3) is 0 Å². The molecule has 1 nitrogen and oxygen atoms in total. The number of hydrogen-bond donors (Lipinski definition) is 0. The lowest BCUT2D eigenvalue weighted by atomic mass is 10.0. The van der Waals surface area contributed by atoms with Gasteiger partial charge in [0, 0.05) is 5.02 Å². The van der Waals surface area contributed by atoms with Crippen LogP contribution in [0, 0.1) is 6.92 Å². The summed E-state index contributed by atoms with van der Waals surface area (Å²) in [6, 6.07) is 13.6. The van der Waals surface area contributed by atoms with E-state index in [1.807, 2.05) is 49.4 Å². The molecular formula is C15H14Cl2O. The molecule has 1 atom stereocenters. The van der Waals surface area contributed by atoms with Crippen LogP contribution in [0.3, 0.4) is 0 Å². The fraction of sp³-hybridized carbons (Fsp3) is 0.200. The van der Waals surface area contributed by atoms with Crippen molar-refractivity contribution in [3.63, 3.8) is 0 Å². The molecule has 0 heterocycles. The third kappa shape index (κ3) is 2.80. The predicted octanol–water partition coefficient (Wildman–Crippen LogP) is 4.99. The Morgan fingerprint density at radius 1 is 1.06 bits per heavy atom. The summed E-state index contributed by atoms with van der Waals surface area (Å²) < 4.78 is 5.12. The van der Waals surface area contributed by atoms with Crippen LogP contribution in [0.4, 0.5) is 0 Å². The molecule has 0 saturated heterocycles. The second-order valence-corrected chi connectivity index (χ2v) is 5.00. The van der Waals surface area contributed by atoms with Gasteiger partial charge in [0.15, 0.2) is 0 Å². The predicted molar refractivity (Wildman–Crippen MR) is 76.9 cm³/mol. The average molecular weight is 281 g/mol.